The SMILES string of the molecule is NC1(C(=O)N2CCC(Cc3ccccc3)CC2)CC1. The van der Waals surface area contributed by atoms with Gasteiger partial charge < -0.3 is 10.6 Å². The maximum Gasteiger partial charge on any atom is 0.242 e. The molecule has 1 saturated heterocycles. The molecular weight excluding hydrogens is 236 g/mol. The molecule has 1 aromatic carbocycles. The molecule has 0 atom stereocenters. The molecule has 1 aliphatic carbocycles. The van der Waals surface area contributed by atoms with E-state index in [-0.39, 0.29) is 5.91 Å². The van der Waals surface area contributed by atoms with E-state index in [1.807, 2.05) is 4.90 Å². The van der Waals surface area contributed by atoms with Gasteiger partial charge in [-0.1, -0.05) is 30.3 Å². The van der Waals surface area contributed by atoms with E-state index in [1.165, 1.54) is 5.56 Å². The summed E-state index contributed by atoms with van der Waals surface area (Å²) < 4.78 is 0. The van der Waals surface area contributed by atoms with Gasteiger partial charge in [0.1, 0.15) is 0 Å². The molecule has 1 saturated carbocycles. The summed E-state index contributed by atoms with van der Waals surface area (Å²) in [6.45, 7) is 1.77. The van der Waals surface area contributed by atoms with Gasteiger partial charge in [-0.25, -0.2) is 0 Å². The fraction of sp³-hybridized carbons (Fsp3) is 0.562. The Kier molecular flexibility index (Phi) is 3.31. The quantitative estimate of drug-likeness (QED) is 0.901. The summed E-state index contributed by atoms with van der Waals surface area (Å²) in [5, 5.41) is 0. The lowest BCUT2D eigenvalue weighted by Crippen LogP contribution is -2.48. The molecule has 19 heavy (non-hydrogen) atoms. The highest BCUT2D eigenvalue weighted by Crippen LogP contribution is 2.35. The van der Waals surface area contributed by atoms with Crippen molar-refractivity contribution in [1.82, 2.24) is 4.90 Å². The van der Waals surface area contributed by atoms with Crippen LogP contribution in [0.2, 0.25) is 0 Å². The largest absolute Gasteiger partial charge is 0.341 e. The van der Waals surface area contributed by atoms with Gasteiger partial charge in [0.2, 0.25) is 5.91 Å². The summed E-state index contributed by atoms with van der Waals surface area (Å²) in [6.07, 6.45) is 5.09. The number of likely N-dealkylation sites (tertiary alicyclic amines) is 1. The van der Waals surface area contributed by atoms with Crippen molar-refractivity contribution in [3.05, 3.63) is 35.9 Å². The number of hydrogen-bond donors (Lipinski definition) is 1. The van der Waals surface area contributed by atoms with Crippen LogP contribution >= 0.6 is 0 Å². The van der Waals surface area contributed by atoms with E-state index in [1.54, 1.807) is 0 Å². The predicted molar refractivity (Wildman–Crippen MR) is 75.6 cm³/mol. The lowest BCUT2D eigenvalue weighted by Gasteiger charge is -2.33. The Morgan fingerprint density at radius 2 is 1.84 bits per heavy atom. The average Bonchev–Trinajstić information content (AvgIpc) is 3.19. The number of nitrogens with two attached hydrogens (primary N) is 1. The number of carbonyl (C=O) groups is 1. The summed E-state index contributed by atoms with van der Waals surface area (Å²) in [5.74, 6) is 0.894. The Morgan fingerprint density at radius 3 is 2.42 bits per heavy atom. The molecule has 2 N–H and O–H groups in total. The predicted octanol–water partition coefficient (Wildman–Crippen LogP) is 1.96. The van der Waals surface area contributed by atoms with Crippen molar-refractivity contribution in [1.29, 1.82) is 0 Å². The van der Waals surface area contributed by atoms with E-state index >= 15 is 0 Å². The standard InChI is InChI=1S/C16H22N2O/c17-16(8-9-16)15(19)18-10-6-14(7-11-18)12-13-4-2-1-3-5-13/h1-5,14H,6-12,17H2. The van der Waals surface area contributed by atoms with E-state index in [0.717, 1.165) is 45.2 Å². The third-order valence-corrected chi connectivity index (χ3v) is 4.48. The third-order valence-electron chi connectivity index (χ3n) is 4.48. The molecule has 3 heteroatoms. The van der Waals surface area contributed by atoms with Gasteiger partial charge in [0, 0.05) is 13.1 Å². The zero-order valence-electron chi connectivity index (χ0n) is 11.3. The Balaban J connectivity index is 1.51. The van der Waals surface area contributed by atoms with E-state index in [2.05, 4.69) is 30.3 Å². The molecule has 2 aliphatic rings. The minimum absolute atomic E-state index is 0.186. The molecule has 1 amide bonds. The molecule has 2 fully saturated rings. The van der Waals surface area contributed by atoms with E-state index in [0.29, 0.717) is 5.92 Å². The Bertz CT molecular complexity index is 445. The van der Waals surface area contributed by atoms with Crippen LogP contribution in [0.15, 0.2) is 30.3 Å². The van der Waals surface area contributed by atoms with Crippen molar-refractivity contribution < 1.29 is 4.79 Å². The van der Waals surface area contributed by atoms with Crippen molar-refractivity contribution in [2.24, 2.45) is 11.7 Å². The van der Waals surface area contributed by atoms with Crippen LogP contribution in [0.3, 0.4) is 0 Å². The second-order valence-electron chi connectivity index (χ2n) is 6.08. The Morgan fingerprint density at radius 1 is 1.21 bits per heavy atom. The minimum atomic E-state index is -0.494. The van der Waals surface area contributed by atoms with Crippen LogP contribution in [0.25, 0.3) is 0 Å². The number of amides is 1. The number of nitrogens with zero attached hydrogens (tertiary/aromatic N) is 1. The van der Waals surface area contributed by atoms with Gasteiger partial charge in [-0.3, -0.25) is 4.79 Å². The van der Waals surface area contributed by atoms with Crippen molar-refractivity contribution >= 4 is 5.91 Å². The van der Waals surface area contributed by atoms with Gasteiger partial charge >= 0.3 is 0 Å². The number of benzene rings is 1. The first-order valence-electron chi connectivity index (χ1n) is 7.29. The molecule has 3 rings (SSSR count). The summed E-state index contributed by atoms with van der Waals surface area (Å²) in [4.78, 5) is 14.1. The van der Waals surface area contributed by atoms with Crippen molar-refractivity contribution in [3.8, 4) is 0 Å². The van der Waals surface area contributed by atoms with Crippen molar-refractivity contribution in [3.63, 3.8) is 0 Å². The molecule has 3 nitrogen and oxygen atoms in total. The van der Waals surface area contributed by atoms with Crippen LogP contribution in [-0.2, 0) is 11.2 Å². The first-order chi connectivity index (χ1) is 9.17. The smallest absolute Gasteiger partial charge is 0.242 e. The van der Waals surface area contributed by atoms with Crippen LogP contribution in [0, 0.1) is 5.92 Å². The van der Waals surface area contributed by atoms with Gasteiger partial charge in [0.25, 0.3) is 0 Å². The van der Waals surface area contributed by atoms with Gasteiger partial charge in [-0.15, -0.1) is 0 Å². The Labute approximate surface area is 114 Å². The number of carbonyl (C=O) groups excluding carboxylic acids is 1. The molecule has 1 aromatic rings. The highest BCUT2D eigenvalue weighted by atomic mass is 16.2. The minimum Gasteiger partial charge on any atom is -0.341 e. The zero-order chi connectivity index (χ0) is 13.3. The normalized spacial score (nSPS) is 22.3. The first kappa shape index (κ1) is 12.7. The first-order valence-corrected chi connectivity index (χ1v) is 7.29. The van der Waals surface area contributed by atoms with E-state index in [9.17, 15) is 4.79 Å². The molecular formula is C16H22N2O. The lowest BCUT2D eigenvalue weighted by atomic mass is 9.90. The monoisotopic (exact) mass is 258 g/mol. The van der Waals surface area contributed by atoms with Crippen molar-refractivity contribution in [2.75, 3.05) is 13.1 Å². The molecule has 1 aliphatic heterocycles. The van der Waals surface area contributed by atoms with Crippen LogP contribution < -0.4 is 5.73 Å². The molecule has 1 heterocycles. The number of piperidine rings is 1. The van der Waals surface area contributed by atoms with Crippen LogP contribution in [0.4, 0.5) is 0 Å². The van der Waals surface area contributed by atoms with Gasteiger partial charge in [-0.2, -0.15) is 0 Å². The van der Waals surface area contributed by atoms with E-state index < -0.39 is 5.54 Å². The molecule has 0 bridgehead atoms. The highest BCUT2D eigenvalue weighted by Gasteiger charge is 2.48. The molecule has 0 spiro atoms. The van der Waals surface area contributed by atoms with Crippen LogP contribution in [0.1, 0.15) is 31.2 Å². The molecule has 102 valence electrons. The fourth-order valence-electron chi connectivity index (χ4n) is 2.95. The molecule has 0 unspecified atom stereocenters. The second kappa shape index (κ2) is 4.97. The van der Waals surface area contributed by atoms with Crippen molar-refractivity contribution in [2.45, 2.75) is 37.6 Å². The summed E-state index contributed by atoms with van der Waals surface area (Å²) in [5.41, 5.74) is 6.90. The van der Waals surface area contributed by atoms with Crippen LogP contribution in [-0.4, -0.2) is 29.4 Å². The molecule has 0 radical (unpaired) electrons. The summed E-state index contributed by atoms with van der Waals surface area (Å²) >= 11 is 0. The number of hydrogen-bond acceptors (Lipinski definition) is 2. The van der Waals surface area contributed by atoms with Gasteiger partial charge in [0.05, 0.1) is 5.54 Å². The zero-order valence-corrected chi connectivity index (χ0v) is 11.3. The highest BCUT2D eigenvalue weighted by molar-refractivity contribution is 5.89. The number of rotatable bonds is 3. The molecule has 0 aromatic heterocycles. The third kappa shape index (κ3) is 2.81. The maximum absolute atomic E-state index is 12.1. The summed E-state index contributed by atoms with van der Waals surface area (Å²) in [6, 6.07) is 10.6. The lowest BCUT2D eigenvalue weighted by molar-refractivity contribution is -0.135. The van der Waals surface area contributed by atoms with Gasteiger partial charge in [0.15, 0.2) is 0 Å². The second-order valence-corrected chi connectivity index (χ2v) is 6.08. The Hall–Kier alpha value is -1.35. The maximum atomic E-state index is 12.1. The van der Waals surface area contributed by atoms with Crippen LogP contribution in [0.5, 0.6) is 0 Å². The summed E-state index contributed by atoms with van der Waals surface area (Å²) in [7, 11) is 0. The van der Waals surface area contributed by atoms with E-state index in [4.69, 9.17) is 5.73 Å². The average molecular weight is 258 g/mol. The topological polar surface area (TPSA) is 46.3 Å². The fourth-order valence-corrected chi connectivity index (χ4v) is 2.95. The van der Waals surface area contributed by atoms with Gasteiger partial charge in [-0.05, 0) is 43.6 Å².